The third-order valence-electron chi connectivity index (χ3n) is 1.76. The number of allylic oxidation sites excluding steroid dienone is 1. The molecular formula is C9H7NO2S. The van der Waals surface area contributed by atoms with Gasteiger partial charge < -0.3 is 0 Å². The molecule has 3 nitrogen and oxygen atoms in total. The molecule has 0 unspecified atom stereocenters. The lowest BCUT2D eigenvalue weighted by molar-refractivity contribution is 0.608. The number of rotatable bonds is 1. The minimum atomic E-state index is -3.41. The molecule has 4 heteroatoms. The Kier molecular flexibility index (Phi) is 1.77. The Bertz CT molecular complexity index is 472. The van der Waals surface area contributed by atoms with E-state index in [1.807, 2.05) is 6.07 Å². The molecule has 1 aromatic carbocycles. The molecule has 0 amide bonds. The molecule has 13 heavy (non-hydrogen) atoms. The Morgan fingerprint density at radius 1 is 1.08 bits per heavy atom. The first-order chi connectivity index (χ1) is 6.20. The van der Waals surface area contributed by atoms with Crippen molar-refractivity contribution in [2.75, 3.05) is 0 Å². The summed E-state index contributed by atoms with van der Waals surface area (Å²) in [6.45, 7) is 0. The molecule has 0 atom stereocenters. The van der Waals surface area contributed by atoms with Crippen molar-refractivity contribution < 1.29 is 8.42 Å². The third-order valence-corrected chi connectivity index (χ3v) is 3.09. The Balaban J connectivity index is 2.53. The minimum Gasteiger partial charge on any atom is -0.199 e. The van der Waals surface area contributed by atoms with Crippen molar-refractivity contribution in [1.82, 2.24) is 0 Å². The van der Waals surface area contributed by atoms with Crippen LogP contribution in [0.1, 0.15) is 5.56 Å². The highest BCUT2D eigenvalue weighted by molar-refractivity contribution is 8.00. The average Bonchev–Trinajstić information content (AvgIpc) is 2.47. The fourth-order valence-corrected chi connectivity index (χ4v) is 2.17. The van der Waals surface area contributed by atoms with E-state index in [0.717, 1.165) is 0 Å². The van der Waals surface area contributed by atoms with Gasteiger partial charge in [0, 0.05) is 6.21 Å². The zero-order valence-corrected chi connectivity index (χ0v) is 7.53. The molecule has 0 aromatic heterocycles. The number of hydrogen-bond acceptors (Lipinski definition) is 2. The van der Waals surface area contributed by atoms with Crippen molar-refractivity contribution in [3.63, 3.8) is 0 Å². The van der Waals surface area contributed by atoms with Crippen LogP contribution in [0.5, 0.6) is 0 Å². The highest BCUT2D eigenvalue weighted by Crippen LogP contribution is 2.24. The normalized spacial score (nSPS) is 18.6. The van der Waals surface area contributed by atoms with Crippen LogP contribution >= 0.6 is 0 Å². The summed E-state index contributed by atoms with van der Waals surface area (Å²) in [6, 6.07) is 8.93. The molecule has 1 aliphatic rings. The predicted octanol–water partition coefficient (Wildman–Crippen LogP) is 1.44. The molecule has 1 heterocycles. The molecule has 1 aromatic rings. The number of hydrogen-bond donors (Lipinski definition) is 0. The molecule has 0 saturated carbocycles. The van der Waals surface area contributed by atoms with Crippen LogP contribution in [0.4, 0.5) is 0 Å². The van der Waals surface area contributed by atoms with Crippen molar-refractivity contribution in [3.8, 4) is 0 Å². The molecule has 0 saturated heterocycles. The first-order valence-corrected chi connectivity index (χ1v) is 5.20. The number of sulfonamides is 1. The summed E-state index contributed by atoms with van der Waals surface area (Å²) in [5.41, 5.74) is 0.681. The monoisotopic (exact) mass is 193 g/mol. The fourth-order valence-electron chi connectivity index (χ4n) is 1.17. The van der Waals surface area contributed by atoms with Gasteiger partial charge in [-0.3, -0.25) is 0 Å². The van der Waals surface area contributed by atoms with E-state index < -0.39 is 10.0 Å². The SMILES string of the molecule is O=S1(=O)N=CC=C1c1ccccc1. The van der Waals surface area contributed by atoms with Crippen molar-refractivity contribution in [1.29, 1.82) is 0 Å². The molecular weight excluding hydrogens is 186 g/mol. The lowest BCUT2D eigenvalue weighted by atomic mass is 10.2. The predicted molar refractivity (Wildman–Crippen MR) is 51.8 cm³/mol. The summed E-state index contributed by atoms with van der Waals surface area (Å²) < 4.78 is 26.0. The van der Waals surface area contributed by atoms with Gasteiger partial charge in [0.05, 0.1) is 4.91 Å². The van der Waals surface area contributed by atoms with Gasteiger partial charge in [0.15, 0.2) is 0 Å². The Labute approximate surface area is 76.5 Å². The summed E-state index contributed by atoms with van der Waals surface area (Å²) >= 11 is 0. The van der Waals surface area contributed by atoms with Gasteiger partial charge >= 0.3 is 0 Å². The summed E-state index contributed by atoms with van der Waals surface area (Å²) in [4.78, 5) is 0.271. The standard InChI is InChI=1S/C9H7NO2S/c11-13(12)9(6-7-10-13)8-4-2-1-3-5-8/h1-7H. The molecule has 66 valence electrons. The van der Waals surface area contributed by atoms with Crippen molar-refractivity contribution >= 4 is 21.1 Å². The van der Waals surface area contributed by atoms with Crippen LogP contribution in [-0.4, -0.2) is 14.6 Å². The van der Waals surface area contributed by atoms with Crippen LogP contribution in [0.3, 0.4) is 0 Å². The van der Waals surface area contributed by atoms with Crippen LogP contribution in [0.15, 0.2) is 40.8 Å². The van der Waals surface area contributed by atoms with Gasteiger partial charge in [-0.05, 0) is 11.6 Å². The average molecular weight is 193 g/mol. The summed E-state index contributed by atoms with van der Waals surface area (Å²) in [7, 11) is -3.41. The van der Waals surface area contributed by atoms with Crippen LogP contribution < -0.4 is 0 Å². The highest BCUT2D eigenvalue weighted by atomic mass is 32.2. The van der Waals surface area contributed by atoms with E-state index in [1.54, 1.807) is 24.3 Å². The summed E-state index contributed by atoms with van der Waals surface area (Å²) in [5.74, 6) is 0. The van der Waals surface area contributed by atoms with Crippen molar-refractivity contribution in [2.45, 2.75) is 0 Å². The zero-order valence-electron chi connectivity index (χ0n) is 6.71. The number of benzene rings is 1. The van der Waals surface area contributed by atoms with Gasteiger partial charge in [0.25, 0.3) is 10.0 Å². The minimum absolute atomic E-state index is 0.271. The topological polar surface area (TPSA) is 46.5 Å². The van der Waals surface area contributed by atoms with E-state index in [1.165, 1.54) is 12.3 Å². The van der Waals surface area contributed by atoms with E-state index >= 15 is 0 Å². The molecule has 0 spiro atoms. The largest absolute Gasteiger partial charge is 0.282 e. The van der Waals surface area contributed by atoms with E-state index in [-0.39, 0.29) is 4.91 Å². The lowest BCUT2D eigenvalue weighted by Gasteiger charge is -1.99. The zero-order chi connectivity index (χ0) is 9.31. The summed E-state index contributed by atoms with van der Waals surface area (Å²) in [5, 5.41) is 0. The lowest BCUT2D eigenvalue weighted by Crippen LogP contribution is -1.94. The Morgan fingerprint density at radius 2 is 1.77 bits per heavy atom. The van der Waals surface area contributed by atoms with Crippen molar-refractivity contribution in [3.05, 3.63) is 42.0 Å². The Morgan fingerprint density at radius 3 is 2.31 bits per heavy atom. The first-order valence-electron chi connectivity index (χ1n) is 3.76. The van der Waals surface area contributed by atoms with Crippen LogP contribution in [0, 0.1) is 0 Å². The van der Waals surface area contributed by atoms with Gasteiger partial charge in [-0.15, -0.1) is 0 Å². The maximum absolute atomic E-state index is 11.3. The maximum Gasteiger partial charge on any atom is 0.282 e. The van der Waals surface area contributed by atoms with Crippen molar-refractivity contribution in [2.24, 2.45) is 4.40 Å². The van der Waals surface area contributed by atoms with Gasteiger partial charge in [-0.2, -0.15) is 12.8 Å². The molecule has 0 fully saturated rings. The van der Waals surface area contributed by atoms with E-state index in [4.69, 9.17) is 0 Å². The second kappa shape index (κ2) is 2.81. The molecule has 0 N–H and O–H groups in total. The smallest absolute Gasteiger partial charge is 0.199 e. The summed E-state index contributed by atoms with van der Waals surface area (Å²) in [6.07, 6.45) is 2.81. The quantitative estimate of drug-likeness (QED) is 0.677. The highest BCUT2D eigenvalue weighted by Gasteiger charge is 2.20. The first kappa shape index (κ1) is 8.19. The van der Waals surface area contributed by atoms with Crippen LogP contribution in [0.2, 0.25) is 0 Å². The second-order valence-corrected chi connectivity index (χ2v) is 4.23. The molecule has 0 radical (unpaired) electrons. The van der Waals surface area contributed by atoms with Gasteiger partial charge in [-0.1, -0.05) is 30.3 Å². The van der Waals surface area contributed by atoms with Gasteiger partial charge in [0.1, 0.15) is 0 Å². The van der Waals surface area contributed by atoms with Gasteiger partial charge in [0.2, 0.25) is 0 Å². The van der Waals surface area contributed by atoms with E-state index in [0.29, 0.717) is 5.56 Å². The fraction of sp³-hybridized carbons (Fsp3) is 0. The van der Waals surface area contributed by atoms with Crippen LogP contribution in [-0.2, 0) is 10.0 Å². The number of nitrogens with zero attached hydrogens (tertiary/aromatic N) is 1. The maximum atomic E-state index is 11.3. The van der Waals surface area contributed by atoms with E-state index in [2.05, 4.69) is 4.40 Å². The van der Waals surface area contributed by atoms with Crippen LogP contribution in [0.25, 0.3) is 4.91 Å². The molecule has 0 aliphatic carbocycles. The van der Waals surface area contributed by atoms with E-state index in [9.17, 15) is 8.42 Å². The molecule has 2 rings (SSSR count). The second-order valence-electron chi connectivity index (χ2n) is 2.63. The Hall–Kier alpha value is -1.42. The van der Waals surface area contributed by atoms with Gasteiger partial charge in [-0.25, -0.2) is 0 Å². The molecule has 1 aliphatic heterocycles. The third kappa shape index (κ3) is 1.40. The molecule has 0 bridgehead atoms.